The number of ether oxygens (including phenoxy) is 1. The second-order valence-corrected chi connectivity index (χ2v) is 6.36. The molecule has 21 heavy (non-hydrogen) atoms. The van der Waals surface area contributed by atoms with Gasteiger partial charge < -0.3 is 20.5 Å². The van der Waals surface area contributed by atoms with Crippen molar-refractivity contribution in [2.24, 2.45) is 5.41 Å². The SMILES string of the molecule is CC(C)(C)C(CCO)NC(=O)c1cccc2c1OCCN2. The van der Waals surface area contributed by atoms with Crippen LogP contribution in [0, 0.1) is 5.41 Å². The third-order valence-electron chi connectivity index (χ3n) is 3.69. The van der Waals surface area contributed by atoms with E-state index < -0.39 is 0 Å². The minimum absolute atomic E-state index is 0.0488. The molecule has 0 saturated heterocycles. The Balaban J connectivity index is 2.20. The molecule has 0 saturated carbocycles. The molecule has 0 aliphatic carbocycles. The molecule has 1 aliphatic rings. The van der Waals surface area contributed by atoms with Crippen molar-refractivity contribution >= 4 is 11.6 Å². The van der Waals surface area contributed by atoms with Gasteiger partial charge in [-0.05, 0) is 24.0 Å². The van der Waals surface area contributed by atoms with E-state index in [9.17, 15) is 9.90 Å². The van der Waals surface area contributed by atoms with Crippen molar-refractivity contribution in [2.45, 2.75) is 33.2 Å². The van der Waals surface area contributed by atoms with Crippen LogP contribution in [0.4, 0.5) is 5.69 Å². The molecule has 1 unspecified atom stereocenters. The fourth-order valence-electron chi connectivity index (χ4n) is 2.44. The van der Waals surface area contributed by atoms with E-state index in [4.69, 9.17) is 4.74 Å². The number of fused-ring (bicyclic) bond motifs is 1. The van der Waals surface area contributed by atoms with E-state index in [1.165, 1.54) is 0 Å². The molecule has 1 heterocycles. The Kier molecular flexibility index (Phi) is 4.73. The maximum Gasteiger partial charge on any atom is 0.255 e. The van der Waals surface area contributed by atoms with E-state index in [1.54, 1.807) is 6.07 Å². The molecular formula is C16H24N2O3. The summed E-state index contributed by atoms with van der Waals surface area (Å²) in [4.78, 5) is 12.5. The highest BCUT2D eigenvalue weighted by Gasteiger charge is 2.28. The maximum absolute atomic E-state index is 12.5. The predicted octanol–water partition coefficient (Wildman–Crippen LogP) is 2.02. The number of anilines is 1. The third-order valence-corrected chi connectivity index (χ3v) is 3.69. The molecule has 1 aliphatic heterocycles. The first-order valence-electron chi connectivity index (χ1n) is 7.35. The Hall–Kier alpha value is -1.75. The van der Waals surface area contributed by atoms with Crippen LogP contribution in [0.15, 0.2) is 18.2 Å². The van der Waals surface area contributed by atoms with Gasteiger partial charge in [0.25, 0.3) is 5.91 Å². The Morgan fingerprint density at radius 3 is 2.90 bits per heavy atom. The first-order chi connectivity index (χ1) is 9.93. The van der Waals surface area contributed by atoms with Crippen molar-refractivity contribution in [3.05, 3.63) is 23.8 Å². The van der Waals surface area contributed by atoms with Crippen LogP contribution in [-0.2, 0) is 0 Å². The van der Waals surface area contributed by atoms with Gasteiger partial charge in [0.1, 0.15) is 6.61 Å². The lowest BCUT2D eigenvalue weighted by Gasteiger charge is -2.31. The molecule has 5 heteroatoms. The molecule has 0 aromatic heterocycles. The van der Waals surface area contributed by atoms with Gasteiger partial charge in [-0.25, -0.2) is 0 Å². The fourth-order valence-corrected chi connectivity index (χ4v) is 2.44. The summed E-state index contributed by atoms with van der Waals surface area (Å²) >= 11 is 0. The molecule has 5 nitrogen and oxygen atoms in total. The zero-order valence-electron chi connectivity index (χ0n) is 12.9. The second kappa shape index (κ2) is 6.35. The molecule has 0 fully saturated rings. The molecule has 1 amide bonds. The molecule has 1 aromatic rings. The first-order valence-corrected chi connectivity index (χ1v) is 7.35. The van der Waals surface area contributed by atoms with Gasteiger partial charge in [-0.2, -0.15) is 0 Å². The lowest BCUT2D eigenvalue weighted by Crippen LogP contribution is -2.44. The van der Waals surface area contributed by atoms with Crippen molar-refractivity contribution < 1.29 is 14.6 Å². The number of aliphatic hydroxyl groups excluding tert-OH is 1. The van der Waals surface area contributed by atoms with Crippen molar-refractivity contribution in [3.8, 4) is 5.75 Å². The van der Waals surface area contributed by atoms with Gasteiger partial charge in [0, 0.05) is 19.2 Å². The van der Waals surface area contributed by atoms with Gasteiger partial charge >= 0.3 is 0 Å². The van der Waals surface area contributed by atoms with Crippen LogP contribution >= 0.6 is 0 Å². The average molecular weight is 292 g/mol. The summed E-state index contributed by atoms with van der Waals surface area (Å²) in [7, 11) is 0. The lowest BCUT2D eigenvalue weighted by atomic mass is 9.84. The van der Waals surface area contributed by atoms with Crippen molar-refractivity contribution in [3.63, 3.8) is 0 Å². The normalized spacial score (nSPS) is 15.4. The van der Waals surface area contributed by atoms with E-state index >= 15 is 0 Å². The zero-order chi connectivity index (χ0) is 15.5. The Morgan fingerprint density at radius 2 is 2.24 bits per heavy atom. The number of carbonyl (C=O) groups is 1. The third kappa shape index (κ3) is 3.67. The van der Waals surface area contributed by atoms with E-state index in [1.807, 2.05) is 32.9 Å². The molecule has 116 valence electrons. The number of amides is 1. The van der Waals surface area contributed by atoms with Gasteiger partial charge in [-0.15, -0.1) is 0 Å². The van der Waals surface area contributed by atoms with Gasteiger partial charge in [-0.3, -0.25) is 4.79 Å². The standard InChI is InChI=1S/C16H24N2O3/c1-16(2,3)13(7-9-19)18-15(20)11-5-4-6-12-14(11)21-10-8-17-12/h4-6,13,17,19H,7-10H2,1-3H3,(H,18,20). The van der Waals surface area contributed by atoms with Gasteiger partial charge in [0.2, 0.25) is 0 Å². The monoisotopic (exact) mass is 292 g/mol. The summed E-state index contributed by atoms with van der Waals surface area (Å²) in [6, 6.07) is 5.41. The quantitative estimate of drug-likeness (QED) is 0.794. The maximum atomic E-state index is 12.5. The van der Waals surface area contributed by atoms with E-state index in [0.717, 1.165) is 12.2 Å². The lowest BCUT2D eigenvalue weighted by molar-refractivity contribution is 0.0881. The van der Waals surface area contributed by atoms with E-state index in [2.05, 4.69) is 10.6 Å². The summed E-state index contributed by atoms with van der Waals surface area (Å²) < 4.78 is 5.63. The largest absolute Gasteiger partial charge is 0.489 e. The van der Waals surface area contributed by atoms with Crippen molar-refractivity contribution in [2.75, 3.05) is 25.1 Å². The predicted molar refractivity (Wildman–Crippen MR) is 82.8 cm³/mol. The smallest absolute Gasteiger partial charge is 0.255 e. The number of benzene rings is 1. The molecule has 0 spiro atoms. The second-order valence-electron chi connectivity index (χ2n) is 6.36. The highest BCUT2D eigenvalue weighted by Crippen LogP contribution is 2.31. The van der Waals surface area contributed by atoms with Crippen LogP contribution in [0.5, 0.6) is 5.75 Å². The Labute approximate surface area is 125 Å². The molecule has 1 aromatic carbocycles. The molecule has 0 radical (unpaired) electrons. The molecule has 1 atom stereocenters. The van der Waals surface area contributed by atoms with Crippen LogP contribution in [0.25, 0.3) is 0 Å². The Bertz CT molecular complexity index is 509. The summed E-state index contributed by atoms with van der Waals surface area (Å²) in [5.41, 5.74) is 1.27. The Morgan fingerprint density at radius 1 is 1.48 bits per heavy atom. The summed E-state index contributed by atoms with van der Waals surface area (Å²) in [5.74, 6) is 0.446. The number of hydrogen-bond donors (Lipinski definition) is 3. The summed E-state index contributed by atoms with van der Waals surface area (Å²) in [5, 5.41) is 15.4. The number of aliphatic hydroxyl groups is 1. The summed E-state index contributed by atoms with van der Waals surface area (Å²) in [6.45, 7) is 7.49. The number of nitrogens with one attached hydrogen (secondary N) is 2. The molecule has 3 N–H and O–H groups in total. The van der Waals surface area contributed by atoms with E-state index in [0.29, 0.717) is 24.3 Å². The highest BCUT2D eigenvalue weighted by atomic mass is 16.5. The highest BCUT2D eigenvalue weighted by molar-refractivity contribution is 5.99. The van der Waals surface area contributed by atoms with E-state index in [-0.39, 0.29) is 24.0 Å². The first kappa shape index (κ1) is 15.6. The molecule has 2 rings (SSSR count). The summed E-state index contributed by atoms with van der Waals surface area (Å²) in [6.07, 6.45) is 0.531. The van der Waals surface area contributed by atoms with Crippen LogP contribution in [0.3, 0.4) is 0 Å². The molecular weight excluding hydrogens is 268 g/mol. The van der Waals surface area contributed by atoms with Gasteiger partial charge in [-0.1, -0.05) is 26.8 Å². The zero-order valence-corrected chi connectivity index (χ0v) is 12.9. The number of hydrogen-bond acceptors (Lipinski definition) is 4. The van der Waals surface area contributed by atoms with Crippen LogP contribution in [0.1, 0.15) is 37.6 Å². The van der Waals surface area contributed by atoms with Crippen molar-refractivity contribution in [1.82, 2.24) is 5.32 Å². The number of rotatable bonds is 4. The minimum atomic E-state index is -0.163. The molecule has 0 bridgehead atoms. The van der Waals surface area contributed by atoms with Crippen LogP contribution in [0.2, 0.25) is 0 Å². The van der Waals surface area contributed by atoms with Gasteiger partial charge in [0.05, 0.1) is 11.3 Å². The minimum Gasteiger partial charge on any atom is -0.489 e. The fraction of sp³-hybridized carbons (Fsp3) is 0.562. The number of para-hydroxylation sites is 1. The van der Waals surface area contributed by atoms with Crippen molar-refractivity contribution in [1.29, 1.82) is 0 Å². The van der Waals surface area contributed by atoms with Crippen LogP contribution < -0.4 is 15.4 Å². The average Bonchev–Trinajstić information content (AvgIpc) is 2.45. The number of carbonyl (C=O) groups excluding carboxylic acids is 1. The van der Waals surface area contributed by atoms with Gasteiger partial charge in [0.15, 0.2) is 5.75 Å². The topological polar surface area (TPSA) is 70.6 Å². The van der Waals surface area contributed by atoms with Crippen LogP contribution in [-0.4, -0.2) is 36.8 Å².